The van der Waals surface area contributed by atoms with E-state index in [0.29, 0.717) is 12.3 Å². The third kappa shape index (κ3) is 9.03. The van der Waals surface area contributed by atoms with E-state index in [1.165, 1.54) is 44.6 Å². The first-order valence-corrected chi connectivity index (χ1v) is 9.30. The lowest BCUT2D eigenvalue weighted by atomic mass is 10.2. The number of ether oxygens (including phenoxy) is 2. The van der Waals surface area contributed by atoms with Crippen molar-refractivity contribution in [3.05, 3.63) is 52.6 Å². The standard InChI is InChI=1S/C15H13F3N2O4.C2H6O3P/c1-2-19-13-9-12(7-8-14(13)20(21)22)23-10-3-5-11(6-4-10)24-15(16,17)18;1-4-6(3)5-2/h3-9,19H,2H2,1H3;1-2H3/q;+1. The maximum Gasteiger partial charge on any atom is 0.696 e. The molecule has 30 heavy (non-hydrogen) atoms. The summed E-state index contributed by atoms with van der Waals surface area (Å²) in [4.78, 5) is 10.4. The van der Waals surface area contributed by atoms with Crippen molar-refractivity contribution in [2.45, 2.75) is 13.3 Å². The zero-order chi connectivity index (χ0) is 22.7. The molecule has 0 saturated heterocycles. The molecule has 13 heteroatoms. The molecule has 0 bridgehead atoms. The Balaban J connectivity index is 0.000000656. The molecule has 0 aliphatic carbocycles. The smallest absolute Gasteiger partial charge is 0.457 e. The summed E-state index contributed by atoms with van der Waals surface area (Å²) < 4.78 is 63.8. The minimum Gasteiger partial charge on any atom is -0.457 e. The quantitative estimate of drug-likeness (QED) is 0.311. The van der Waals surface area contributed by atoms with Crippen LogP contribution in [0.2, 0.25) is 0 Å². The highest BCUT2D eigenvalue weighted by Crippen LogP contribution is 2.32. The van der Waals surface area contributed by atoms with Crippen molar-refractivity contribution >= 4 is 19.6 Å². The molecule has 0 spiro atoms. The summed E-state index contributed by atoms with van der Waals surface area (Å²) >= 11 is 0. The average Bonchev–Trinajstić information content (AvgIpc) is 2.68. The molecular formula is C17H19F3N2O7P+. The van der Waals surface area contributed by atoms with E-state index in [0.717, 1.165) is 12.1 Å². The molecule has 9 nitrogen and oxygen atoms in total. The summed E-state index contributed by atoms with van der Waals surface area (Å²) in [5.74, 6) is 0.203. The van der Waals surface area contributed by atoms with Gasteiger partial charge in [-0.2, -0.15) is 0 Å². The van der Waals surface area contributed by atoms with Gasteiger partial charge in [-0.1, -0.05) is 0 Å². The summed E-state index contributed by atoms with van der Waals surface area (Å²) in [5.41, 5.74) is 0.190. The highest BCUT2D eigenvalue weighted by Gasteiger charge is 2.31. The number of alkyl halides is 3. The molecule has 2 aromatic carbocycles. The second-order valence-electron chi connectivity index (χ2n) is 5.18. The van der Waals surface area contributed by atoms with Gasteiger partial charge in [0.1, 0.15) is 22.9 Å². The third-order valence-corrected chi connectivity index (χ3v) is 3.72. The molecule has 0 aliphatic heterocycles. The Morgan fingerprint density at radius 1 is 1.03 bits per heavy atom. The zero-order valence-electron chi connectivity index (χ0n) is 16.1. The van der Waals surface area contributed by atoms with E-state index in [-0.39, 0.29) is 22.9 Å². The highest BCUT2D eigenvalue weighted by atomic mass is 31.1. The normalized spacial score (nSPS) is 10.5. The van der Waals surface area contributed by atoms with Crippen LogP contribution >= 0.6 is 8.25 Å². The van der Waals surface area contributed by atoms with E-state index in [9.17, 15) is 27.9 Å². The van der Waals surface area contributed by atoms with E-state index in [1.54, 1.807) is 6.92 Å². The number of anilines is 1. The molecule has 0 aromatic heterocycles. The third-order valence-electron chi connectivity index (χ3n) is 3.12. The lowest BCUT2D eigenvalue weighted by Gasteiger charge is -2.11. The van der Waals surface area contributed by atoms with Gasteiger partial charge in [-0.3, -0.25) is 10.1 Å². The van der Waals surface area contributed by atoms with Gasteiger partial charge in [-0.15, -0.1) is 22.2 Å². The molecule has 0 radical (unpaired) electrons. The van der Waals surface area contributed by atoms with Gasteiger partial charge < -0.3 is 14.8 Å². The molecule has 0 saturated carbocycles. The second kappa shape index (κ2) is 11.9. The van der Waals surface area contributed by atoms with Crippen molar-refractivity contribution in [1.82, 2.24) is 0 Å². The Bertz CT molecular complexity index is 842. The topological polar surface area (TPSA) is 109 Å². The van der Waals surface area contributed by atoms with Crippen molar-refractivity contribution in [2.24, 2.45) is 0 Å². The van der Waals surface area contributed by atoms with Gasteiger partial charge in [0, 0.05) is 23.2 Å². The minimum absolute atomic E-state index is 0.0990. The Labute approximate surface area is 170 Å². The lowest BCUT2D eigenvalue weighted by Crippen LogP contribution is -2.16. The Hall–Kier alpha value is -2.95. The van der Waals surface area contributed by atoms with E-state index in [1.807, 2.05) is 0 Å². The summed E-state index contributed by atoms with van der Waals surface area (Å²) in [6.07, 6.45) is -4.76. The number of hydrogen-bond acceptors (Lipinski definition) is 8. The van der Waals surface area contributed by atoms with Crippen molar-refractivity contribution in [3.63, 3.8) is 0 Å². The molecule has 0 unspecified atom stereocenters. The first-order valence-electron chi connectivity index (χ1n) is 8.21. The summed E-state index contributed by atoms with van der Waals surface area (Å²) in [6.45, 7) is 2.27. The number of nitro groups is 1. The van der Waals surface area contributed by atoms with Crippen molar-refractivity contribution in [2.75, 3.05) is 26.1 Å². The van der Waals surface area contributed by atoms with Gasteiger partial charge in [0.25, 0.3) is 5.69 Å². The number of hydrogen-bond donors (Lipinski definition) is 1. The zero-order valence-corrected chi connectivity index (χ0v) is 17.0. The van der Waals surface area contributed by atoms with Crippen molar-refractivity contribution < 1.29 is 41.2 Å². The van der Waals surface area contributed by atoms with E-state index >= 15 is 0 Å². The van der Waals surface area contributed by atoms with Gasteiger partial charge in [0.05, 0.1) is 19.1 Å². The molecule has 0 heterocycles. The summed E-state index contributed by atoms with van der Waals surface area (Å²) in [5, 5.41) is 13.8. The number of rotatable bonds is 8. The number of halogens is 3. The SMILES string of the molecule is CCNc1cc(Oc2ccc(OC(F)(F)F)cc2)ccc1[N+](=O)[O-].CO[P+](=O)OC. The molecule has 164 valence electrons. The van der Waals surface area contributed by atoms with Crippen molar-refractivity contribution in [1.29, 1.82) is 0 Å². The van der Waals surface area contributed by atoms with Crippen LogP contribution in [0.15, 0.2) is 42.5 Å². The van der Waals surface area contributed by atoms with Crippen LogP contribution in [0, 0.1) is 10.1 Å². The predicted octanol–water partition coefficient (Wildman–Crippen LogP) is 5.65. The predicted molar refractivity (Wildman–Crippen MR) is 102 cm³/mol. The molecular weight excluding hydrogens is 432 g/mol. The minimum atomic E-state index is -4.76. The fourth-order valence-corrected chi connectivity index (χ4v) is 2.14. The van der Waals surface area contributed by atoms with Crippen LogP contribution in [0.25, 0.3) is 0 Å². The average molecular weight is 451 g/mol. The van der Waals surface area contributed by atoms with E-state index < -0.39 is 19.5 Å². The van der Waals surface area contributed by atoms with Gasteiger partial charge in [-0.25, -0.2) is 0 Å². The molecule has 2 aromatic rings. The molecule has 0 amide bonds. The summed E-state index contributed by atoms with van der Waals surface area (Å²) in [6, 6.07) is 8.96. The molecule has 0 atom stereocenters. The Morgan fingerprint density at radius 3 is 2.00 bits per heavy atom. The first-order chi connectivity index (χ1) is 14.1. The van der Waals surface area contributed by atoms with Crippen LogP contribution < -0.4 is 14.8 Å². The molecule has 1 N–H and O–H groups in total. The molecule has 0 aliphatic rings. The van der Waals surface area contributed by atoms with Crippen LogP contribution in [-0.4, -0.2) is 32.1 Å². The van der Waals surface area contributed by atoms with Crippen LogP contribution in [-0.2, 0) is 13.6 Å². The number of nitro benzene ring substituents is 1. The van der Waals surface area contributed by atoms with Gasteiger partial charge in [-0.05, 0) is 37.3 Å². The number of nitrogens with one attached hydrogen (secondary N) is 1. The van der Waals surface area contributed by atoms with Crippen LogP contribution in [0.4, 0.5) is 24.5 Å². The first kappa shape index (κ1) is 25.1. The van der Waals surface area contributed by atoms with Gasteiger partial charge in [0.15, 0.2) is 0 Å². The molecule has 2 rings (SSSR count). The fraction of sp³-hybridized carbons (Fsp3) is 0.294. The Kier molecular flexibility index (Phi) is 9.96. The largest absolute Gasteiger partial charge is 0.696 e. The van der Waals surface area contributed by atoms with E-state index in [4.69, 9.17) is 4.74 Å². The lowest BCUT2D eigenvalue weighted by molar-refractivity contribution is -0.384. The number of benzene rings is 2. The number of nitrogens with zero attached hydrogens (tertiary/aromatic N) is 1. The maximum atomic E-state index is 12.1. The maximum absolute atomic E-state index is 12.1. The highest BCUT2D eigenvalue weighted by molar-refractivity contribution is 7.33. The van der Waals surface area contributed by atoms with Crippen LogP contribution in [0.3, 0.4) is 0 Å². The Morgan fingerprint density at radius 2 is 1.57 bits per heavy atom. The van der Waals surface area contributed by atoms with E-state index in [2.05, 4.69) is 19.1 Å². The van der Waals surface area contributed by atoms with Gasteiger partial charge in [0.2, 0.25) is 0 Å². The van der Waals surface area contributed by atoms with Gasteiger partial charge >= 0.3 is 14.6 Å². The van der Waals surface area contributed by atoms with Crippen LogP contribution in [0.1, 0.15) is 6.92 Å². The fourth-order valence-electron chi connectivity index (χ4n) is 1.99. The van der Waals surface area contributed by atoms with Crippen LogP contribution in [0.5, 0.6) is 17.2 Å². The van der Waals surface area contributed by atoms with Crippen molar-refractivity contribution in [3.8, 4) is 17.2 Å². The monoisotopic (exact) mass is 451 g/mol. The molecule has 0 fully saturated rings. The second-order valence-corrected chi connectivity index (χ2v) is 6.35. The summed E-state index contributed by atoms with van der Waals surface area (Å²) in [7, 11) is 0.817.